The number of rotatable bonds is 3. The van der Waals surface area contributed by atoms with Gasteiger partial charge in [-0.3, -0.25) is 4.79 Å². The van der Waals surface area contributed by atoms with Crippen LogP contribution in [-0.2, 0) is 4.79 Å². The second-order valence-electron chi connectivity index (χ2n) is 3.31. The highest BCUT2D eigenvalue weighted by molar-refractivity contribution is 5.76. The van der Waals surface area contributed by atoms with Crippen molar-refractivity contribution in [3.63, 3.8) is 0 Å². The molecule has 4 nitrogen and oxygen atoms in total. The molecule has 1 aromatic carbocycles. The maximum Gasteiger partial charge on any atom is 0.312 e. The second kappa shape index (κ2) is 4.27. The van der Waals surface area contributed by atoms with Crippen molar-refractivity contribution in [1.29, 1.82) is 0 Å². The summed E-state index contributed by atoms with van der Waals surface area (Å²) in [5, 5.41) is 18.0. The first-order valence-electron chi connectivity index (χ1n) is 4.39. The molecule has 5 heteroatoms. The molecular formula is C10H12FNO3. The quantitative estimate of drug-likeness (QED) is 0.698. The minimum Gasteiger partial charge on any atom is -0.505 e. The van der Waals surface area contributed by atoms with Crippen LogP contribution < -0.4 is 5.73 Å². The number of aryl methyl sites for hydroxylation is 1. The Bertz CT molecular complexity index is 392. The summed E-state index contributed by atoms with van der Waals surface area (Å²) in [5.74, 6) is -3.81. The van der Waals surface area contributed by atoms with E-state index in [4.69, 9.17) is 10.8 Å². The third-order valence-corrected chi connectivity index (χ3v) is 2.14. The van der Waals surface area contributed by atoms with Crippen molar-refractivity contribution in [1.82, 2.24) is 0 Å². The average molecular weight is 213 g/mol. The standard InChI is InChI=1S/C10H12FNO3/c1-5-2-6(7(4-12)10(14)15)9(11)8(13)3-5/h2-3,7,13H,4,12H2,1H3,(H,14,15). The Morgan fingerprint density at radius 3 is 2.67 bits per heavy atom. The fourth-order valence-corrected chi connectivity index (χ4v) is 1.39. The number of hydrogen-bond acceptors (Lipinski definition) is 3. The number of aliphatic carboxylic acids is 1. The Kier molecular flexibility index (Phi) is 3.26. The molecule has 4 N–H and O–H groups in total. The van der Waals surface area contributed by atoms with Gasteiger partial charge in [0.2, 0.25) is 0 Å². The van der Waals surface area contributed by atoms with Gasteiger partial charge in [-0.15, -0.1) is 0 Å². The molecule has 0 amide bonds. The minimum atomic E-state index is -1.21. The van der Waals surface area contributed by atoms with Crippen LogP contribution in [0.4, 0.5) is 4.39 Å². The monoisotopic (exact) mass is 213 g/mol. The molecule has 1 atom stereocenters. The number of benzene rings is 1. The molecule has 0 saturated heterocycles. The number of carbonyl (C=O) groups is 1. The van der Waals surface area contributed by atoms with Crippen molar-refractivity contribution in [2.24, 2.45) is 5.73 Å². The van der Waals surface area contributed by atoms with Gasteiger partial charge < -0.3 is 15.9 Å². The zero-order valence-electron chi connectivity index (χ0n) is 8.20. The normalized spacial score (nSPS) is 12.5. The smallest absolute Gasteiger partial charge is 0.312 e. The molecule has 0 aliphatic heterocycles. The van der Waals surface area contributed by atoms with Gasteiger partial charge in [0.1, 0.15) is 0 Å². The molecule has 1 rings (SSSR count). The number of carboxylic acids is 1. The summed E-state index contributed by atoms with van der Waals surface area (Å²) >= 11 is 0. The van der Waals surface area contributed by atoms with Crippen molar-refractivity contribution in [2.45, 2.75) is 12.8 Å². The van der Waals surface area contributed by atoms with Crippen LogP contribution >= 0.6 is 0 Å². The highest BCUT2D eigenvalue weighted by Crippen LogP contribution is 2.27. The van der Waals surface area contributed by atoms with Crippen molar-refractivity contribution >= 4 is 5.97 Å². The molecule has 1 unspecified atom stereocenters. The molecule has 0 bridgehead atoms. The van der Waals surface area contributed by atoms with Crippen molar-refractivity contribution in [2.75, 3.05) is 6.54 Å². The van der Waals surface area contributed by atoms with E-state index in [1.807, 2.05) is 0 Å². The first kappa shape index (κ1) is 11.5. The Hall–Kier alpha value is -1.62. The lowest BCUT2D eigenvalue weighted by Gasteiger charge is -2.12. The summed E-state index contributed by atoms with van der Waals surface area (Å²) in [5.41, 5.74) is 5.75. The van der Waals surface area contributed by atoms with Crippen LogP contribution in [0.25, 0.3) is 0 Å². The Balaban J connectivity index is 3.28. The van der Waals surface area contributed by atoms with E-state index in [1.54, 1.807) is 6.92 Å². The molecule has 0 radical (unpaired) electrons. The van der Waals surface area contributed by atoms with E-state index < -0.39 is 23.5 Å². The van der Waals surface area contributed by atoms with E-state index in [9.17, 15) is 14.3 Å². The third kappa shape index (κ3) is 2.24. The van der Waals surface area contributed by atoms with E-state index >= 15 is 0 Å². The van der Waals surface area contributed by atoms with Gasteiger partial charge in [-0.25, -0.2) is 4.39 Å². The lowest BCUT2D eigenvalue weighted by molar-refractivity contribution is -0.138. The molecule has 0 aliphatic carbocycles. The molecule has 0 saturated carbocycles. The summed E-state index contributed by atoms with van der Waals surface area (Å²) in [6, 6.07) is 2.61. The Morgan fingerprint density at radius 1 is 1.60 bits per heavy atom. The fourth-order valence-electron chi connectivity index (χ4n) is 1.39. The van der Waals surface area contributed by atoms with Crippen LogP contribution in [0, 0.1) is 12.7 Å². The van der Waals surface area contributed by atoms with Crippen LogP contribution in [0.15, 0.2) is 12.1 Å². The number of nitrogens with two attached hydrogens (primary N) is 1. The van der Waals surface area contributed by atoms with Crippen LogP contribution in [0.2, 0.25) is 0 Å². The van der Waals surface area contributed by atoms with Gasteiger partial charge in [0, 0.05) is 12.1 Å². The highest BCUT2D eigenvalue weighted by Gasteiger charge is 2.23. The lowest BCUT2D eigenvalue weighted by atomic mass is 9.96. The fraction of sp³-hybridized carbons (Fsp3) is 0.300. The predicted molar refractivity (Wildman–Crippen MR) is 52.2 cm³/mol. The molecule has 0 heterocycles. The van der Waals surface area contributed by atoms with E-state index in [-0.39, 0.29) is 12.1 Å². The summed E-state index contributed by atoms with van der Waals surface area (Å²) in [6.45, 7) is 1.42. The van der Waals surface area contributed by atoms with Gasteiger partial charge in [0.25, 0.3) is 0 Å². The summed E-state index contributed by atoms with van der Waals surface area (Å²) < 4.78 is 13.4. The van der Waals surface area contributed by atoms with Crippen LogP contribution in [0.1, 0.15) is 17.0 Å². The van der Waals surface area contributed by atoms with Gasteiger partial charge >= 0.3 is 5.97 Å². The third-order valence-electron chi connectivity index (χ3n) is 2.14. The topological polar surface area (TPSA) is 83.5 Å². The molecule has 0 fully saturated rings. The number of carboxylic acid groups (broad SMARTS) is 1. The second-order valence-corrected chi connectivity index (χ2v) is 3.31. The first-order valence-corrected chi connectivity index (χ1v) is 4.39. The Labute approximate surface area is 86.1 Å². The molecule has 15 heavy (non-hydrogen) atoms. The molecule has 0 aromatic heterocycles. The van der Waals surface area contributed by atoms with Gasteiger partial charge in [0.05, 0.1) is 5.92 Å². The van der Waals surface area contributed by atoms with Gasteiger partial charge in [-0.1, -0.05) is 6.07 Å². The van der Waals surface area contributed by atoms with Crippen LogP contribution in [-0.4, -0.2) is 22.7 Å². The summed E-state index contributed by atoms with van der Waals surface area (Å²) in [4.78, 5) is 10.8. The van der Waals surface area contributed by atoms with Crippen molar-refractivity contribution in [3.05, 3.63) is 29.1 Å². The highest BCUT2D eigenvalue weighted by atomic mass is 19.1. The van der Waals surface area contributed by atoms with Crippen molar-refractivity contribution < 1.29 is 19.4 Å². The number of halogens is 1. The predicted octanol–water partition coefficient (Wildman–Crippen LogP) is 0.967. The molecule has 0 spiro atoms. The van der Waals surface area contributed by atoms with E-state index in [1.165, 1.54) is 12.1 Å². The summed E-state index contributed by atoms with van der Waals surface area (Å²) in [7, 11) is 0. The van der Waals surface area contributed by atoms with Crippen LogP contribution in [0.5, 0.6) is 5.75 Å². The maximum absolute atomic E-state index is 13.4. The minimum absolute atomic E-state index is 0.0810. The van der Waals surface area contributed by atoms with E-state index in [0.29, 0.717) is 5.56 Å². The van der Waals surface area contributed by atoms with E-state index in [0.717, 1.165) is 0 Å². The zero-order valence-corrected chi connectivity index (χ0v) is 8.20. The van der Waals surface area contributed by atoms with Crippen molar-refractivity contribution in [3.8, 4) is 5.75 Å². The molecular weight excluding hydrogens is 201 g/mol. The SMILES string of the molecule is Cc1cc(O)c(F)c(C(CN)C(=O)O)c1. The lowest BCUT2D eigenvalue weighted by Crippen LogP contribution is -2.22. The van der Waals surface area contributed by atoms with E-state index in [2.05, 4.69) is 0 Å². The van der Waals surface area contributed by atoms with Gasteiger partial charge in [-0.2, -0.15) is 0 Å². The van der Waals surface area contributed by atoms with Gasteiger partial charge in [0.15, 0.2) is 11.6 Å². The van der Waals surface area contributed by atoms with Crippen LogP contribution in [0.3, 0.4) is 0 Å². The molecule has 1 aromatic rings. The Morgan fingerprint density at radius 2 is 2.20 bits per heavy atom. The zero-order chi connectivity index (χ0) is 11.6. The molecule has 82 valence electrons. The largest absolute Gasteiger partial charge is 0.505 e. The number of hydrogen-bond donors (Lipinski definition) is 3. The van der Waals surface area contributed by atoms with Gasteiger partial charge in [-0.05, 0) is 18.6 Å². The first-order chi connectivity index (χ1) is 6.97. The number of phenolic OH excluding ortho intramolecular Hbond substituents is 1. The summed E-state index contributed by atoms with van der Waals surface area (Å²) in [6.07, 6.45) is 0. The number of phenols is 1. The maximum atomic E-state index is 13.4. The number of aromatic hydroxyl groups is 1. The average Bonchev–Trinajstić information content (AvgIpc) is 2.13. The molecule has 0 aliphatic rings.